The Kier molecular flexibility index (Phi) is 4.42. The van der Waals surface area contributed by atoms with E-state index in [1.54, 1.807) is 20.8 Å². The van der Waals surface area contributed by atoms with E-state index in [2.05, 4.69) is 5.43 Å². The van der Waals surface area contributed by atoms with Crippen LogP contribution < -0.4 is 5.43 Å². The number of hydrogen-bond acceptors (Lipinski definition) is 5. The number of esters is 1. The maximum absolute atomic E-state index is 12.0. The van der Waals surface area contributed by atoms with Crippen molar-refractivity contribution in [1.82, 2.24) is 10.4 Å². The Bertz CT molecular complexity index is 362. The van der Waals surface area contributed by atoms with Crippen molar-refractivity contribution in [2.24, 2.45) is 5.92 Å². The zero-order chi connectivity index (χ0) is 14.8. The highest BCUT2D eigenvalue weighted by Crippen LogP contribution is 2.23. The number of carbonyl (C=O) groups is 2. The van der Waals surface area contributed by atoms with Crippen molar-refractivity contribution in [3.05, 3.63) is 0 Å². The third-order valence-corrected chi connectivity index (χ3v) is 2.68. The van der Waals surface area contributed by atoms with E-state index in [9.17, 15) is 14.7 Å². The van der Waals surface area contributed by atoms with Gasteiger partial charge in [0.2, 0.25) is 0 Å². The molecule has 1 aliphatic rings. The van der Waals surface area contributed by atoms with Crippen molar-refractivity contribution in [2.45, 2.75) is 45.3 Å². The van der Waals surface area contributed by atoms with E-state index in [1.165, 1.54) is 6.92 Å². The monoisotopic (exact) mass is 274 g/mol. The number of ether oxygens (including phenoxy) is 1. The van der Waals surface area contributed by atoms with Crippen LogP contribution in [0.2, 0.25) is 0 Å². The summed E-state index contributed by atoms with van der Waals surface area (Å²) in [6.07, 6.45) is -1.04. The summed E-state index contributed by atoms with van der Waals surface area (Å²) in [5.74, 6) is -1.02. The SMILES string of the molecule is CC1(O)CC(C(=O)OC(C)(C)C)CNN(C(=O)O)C1. The van der Waals surface area contributed by atoms with Gasteiger partial charge in [0.15, 0.2) is 0 Å². The van der Waals surface area contributed by atoms with Gasteiger partial charge in [-0.25, -0.2) is 15.2 Å². The van der Waals surface area contributed by atoms with E-state index in [1.807, 2.05) is 0 Å². The Hall–Kier alpha value is -1.34. The number of hydrazine groups is 1. The van der Waals surface area contributed by atoms with E-state index in [-0.39, 0.29) is 19.5 Å². The van der Waals surface area contributed by atoms with Crippen LogP contribution in [0.5, 0.6) is 0 Å². The lowest BCUT2D eigenvalue weighted by Crippen LogP contribution is -2.47. The number of β-amino-alcohol motifs (C(OH)–C–C–N with tert-alkyl or cyclic N) is 1. The highest BCUT2D eigenvalue weighted by Gasteiger charge is 2.38. The number of nitrogens with one attached hydrogen (secondary N) is 1. The largest absolute Gasteiger partial charge is 0.464 e. The van der Waals surface area contributed by atoms with Gasteiger partial charge in [-0.15, -0.1) is 0 Å². The summed E-state index contributed by atoms with van der Waals surface area (Å²) in [5.41, 5.74) is 0.743. The van der Waals surface area contributed by atoms with Crippen molar-refractivity contribution >= 4 is 12.1 Å². The van der Waals surface area contributed by atoms with Gasteiger partial charge in [0.25, 0.3) is 0 Å². The fourth-order valence-electron chi connectivity index (χ4n) is 1.97. The molecule has 7 nitrogen and oxygen atoms in total. The molecule has 7 heteroatoms. The molecule has 0 aliphatic carbocycles. The van der Waals surface area contributed by atoms with Crippen LogP contribution in [-0.4, -0.2) is 51.6 Å². The molecule has 0 saturated carbocycles. The summed E-state index contributed by atoms with van der Waals surface area (Å²) in [6, 6.07) is 0. The first-order valence-electron chi connectivity index (χ1n) is 6.19. The summed E-state index contributed by atoms with van der Waals surface area (Å²) in [6.45, 7) is 6.82. The van der Waals surface area contributed by atoms with Crippen LogP contribution in [0.15, 0.2) is 0 Å². The molecule has 0 aromatic heterocycles. The maximum Gasteiger partial charge on any atom is 0.421 e. The van der Waals surface area contributed by atoms with Crippen LogP contribution in [0, 0.1) is 5.92 Å². The topological polar surface area (TPSA) is 99.1 Å². The Balaban J connectivity index is 2.76. The molecular formula is C12H22N2O5. The minimum Gasteiger partial charge on any atom is -0.464 e. The molecule has 0 radical (unpaired) electrons. The molecule has 0 spiro atoms. The summed E-state index contributed by atoms with van der Waals surface area (Å²) >= 11 is 0. The number of hydrogen-bond donors (Lipinski definition) is 3. The third-order valence-electron chi connectivity index (χ3n) is 2.68. The number of aliphatic hydroxyl groups is 1. The van der Waals surface area contributed by atoms with Crippen LogP contribution in [-0.2, 0) is 9.53 Å². The second-order valence-electron chi connectivity index (χ2n) is 6.16. The van der Waals surface area contributed by atoms with Gasteiger partial charge >= 0.3 is 12.1 Å². The Morgan fingerprint density at radius 3 is 2.47 bits per heavy atom. The van der Waals surface area contributed by atoms with Gasteiger partial charge in [0.05, 0.1) is 18.1 Å². The molecule has 0 aromatic rings. The second-order valence-corrected chi connectivity index (χ2v) is 6.16. The van der Waals surface area contributed by atoms with E-state index < -0.39 is 29.2 Å². The van der Waals surface area contributed by atoms with Crippen molar-refractivity contribution in [1.29, 1.82) is 0 Å². The van der Waals surface area contributed by atoms with E-state index in [0.29, 0.717) is 0 Å². The predicted octanol–water partition coefficient (Wildman–Crippen LogP) is 0.584. The molecule has 3 N–H and O–H groups in total. The molecule has 2 atom stereocenters. The lowest BCUT2D eigenvalue weighted by Gasteiger charge is -2.27. The number of amides is 1. The van der Waals surface area contributed by atoms with Gasteiger partial charge in [-0.1, -0.05) is 0 Å². The molecule has 110 valence electrons. The minimum atomic E-state index is -1.27. The van der Waals surface area contributed by atoms with E-state index in [4.69, 9.17) is 9.84 Å². The molecule has 1 fully saturated rings. The molecule has 1 heterocycles. The predicted molar refractivity (Wildman–Crippen MR) is 67.3 cm³/mol. The lowest BCUT2D eigenvalue weighted by atomic mass is 9.92. The van der Waals surface area contributed by atoms with E-state index >= 15 is 0 Å². The zero-order valence-electron chi connectivity index (χ0n) is 11.8. The molecule has 1 aliphatic heterocycles. The molecule has 19 heavy (non-hydrogen) atoms. The Labute approximate surface area is 112 Å². The van der Waals surface area contributed by atoms with Crippen molar-refractivity contribution in [2.75, 3.05) is 13.1 Å². The van der Waals surface area contributed by atoms with Crippen LogP contribution >= 0.6 is 0 Å². The average molecular weight is 274 g/mol. The fraction of sp³-hybridized carbons (Fsp3) is 0.833. The molecular weight excluding hydrogens is 252 g/mol. The number of nitrogens with zero attached hydrogens (tertiary/aromatic N) is 1. The highest BCUT2D eigenvalue weighted by molar-refractivity contribution is 5.73. The fourth-order valence-corrected chi connectivity index (χ4v) is 1.97. The molecule has 1 amide bonds. The highest BCUT2D eigenvalue weighted by atomic mass is 16.6. The van der Waals surface area contributed by atoms with Gasteiger partial charge in [-0.2, -0.15) is 0 Å². The third kappa shape index (κ3) is 5.04. The quantitative estimate of drug-likeness (QED) is 0.605. The second kappa shape index (κ2) is 5.34. The van der Waals surface area contributed by atoms with Gasteiger partial charge in [-0.05, 0) is 34.1 Å². The summed E-state index contributed by atoms with van der Waals surface area (Å²) < 4.78 is 5.27. The minimum absolute atomic E-state index is 0.0956. The summed E-state index contributed by atoms with van der Waals surface area (Å²) in [5, 5.41) is 20.0. The summed E-state index contributed by atoms with van der Waals surface area (Å²) in [4.78, 5) is 22.9. The van der Waals surface area contributed by atoms with Crippen molar-refractivity contribution in [3.63, 3.8) is 0 Å². The zero-order valence-corrected chi connectivity index (χ0v) is 11.8. The van der Waals surface area contributed by atoms with Gasteiger partial charge < -0.3 is 14.9 Å². The standard InChI is InChI=1S/C12H22N2O5/c1-11(2,3)19-9(15)8-5-12(4,18)7-14(10(16)17)13-6-8/h8,13,18H,5-7H2,1-4H3,(H,16,17). The average Bonchev–Trinajstić information content (AvgIpc) is 2.34. The molecule has 1 rings (SSSR count). The first kappa shape index (κ1) is 15.7. The van der Waals surface area contributed by atoms with Gasteiger partial charge in [0, 0.05) is 6.54 Å². The van der Waals surface area contributed by atoms with Crippen LogP contribution in [0.1, 0.15) is 34.1 Å². The van der Waals surface area contributed by atoms with Crippen molar-refractivity contribution < 1.29 is 24.5 Å². The van der Waals surface area contributed by atoms with Gasteiger partial charge in [0.1, 0.15) is 5.60 Å². The lowest BCUT2D eigenvalue weighted by molar-refractivity contribution is -0.161. The van der Waals surface area contributed by atoms with Crippen LogP contribution in [0.4, 0.5) is 4.79 Å². The van der Waals surface area contributed by atoms with E-state index in [0.717, 1.165) is 5.01 Å². The molecule has 0 aromatic carbocycles. The summed E-state index contributed by atoms with van der Waals surface area (Å²) in [7, 11) is 0. The molecule has 2 unspecified atom stereocenters. The maximum atomic E-state index is 12.0. The van der Waals surface area contributed by atoms with Gasteiger partial charge in [-0.3, -0.25) is 4.79 Å². The first-order chi connectivity index (χ1) is 8.50. The smallest absolute Gasteiger partial charge is 0.421 e. The number of carbonyl (C=O) groups excluding carboxylic acids is 1. The number of carboxylic acid groups (broad SMARTS) is 1. The van der Waals surface area contributed by atoms with Crippen LogP contribution in [0.25, 0.3) is 0 Å². The van der Waals surface area contributed by atoms with Crippen molar-refractivity contribution in [3.8, 4) is 0 Å². The Morgan fingerprint density at radius 2 is 2.00 bits per heavy atom. The Morgan fingerprint density at radius 1 is 1.42 bits per heavy atom. The number of rotatable bonds is 1. The molecule has 0 bridgehead atoms. The first-order valence-corrected chi connectivity index (χ1v) is 6.19. The van der Waals surface area contributed by atoms with Crippen LogP contribution in [0.3, 0.4) is 0 Å². The normalized spacial score (nSPS) is 28.7. The molecule has 1 saturated heterocycles.